The molecule has 0 spiro atoms. The van der Waals surface area contributed by atoms with Gasteiger partial charge in [0, 0.05) is 23.0 Å². The number of alkyl halides is 1. The fourth-order valence-electron chi connectivity index (χ4n) is 3.55. The number of fused-ring (bicyclic) bond motifs is 1. The number of halogens is 2. The predicted octanol–water partition coefficient (Wildman–Crippen LogP) is 5.03. The molecule has 1 aromatic carbocycles. The summed E-state index contributed by atoms with van der Waals surface area (Å²) in [5.74, 6) is -0.717. The highest BCUT2D eigenvalue weighted by Crippen LogP contribution is 2.43. The lowest BCUT2D eigenvalue weighted by atomic mass is 10.1. The number of rotatable bonds is 5. The summed E-state index contributed by atoms with van der Waals surface area (Å²) >= 11 is 0. The summed E-state index contributed by atoms with van der Waals surface area (Å²) in [6.45, 7) is 5.70. The van der Waals surface area contributed by atoms with Gasteiger partial charge in [-0.25, -0.2) is 13.8 Å². The zero-order chi connectivity index (χ0) is 22.6. The van der Waals surface area contributed by atoms with Crippen molar-refractivity contribution in [3.8, 4) is 11.4 Å². The molecule has 0 aliphatic heterocycles. The van der Waals surface area contributed by atoms with Crippen molar-refractivity contribution in [2.24, 2.45) is 0 Å². The Hall–Kier alpha value is -3.62. The fourth-order valence-corrected chi connectivity index (χ4v) is 3.55. The zero-order valence-corrected chi connectivity index (χ0v) is 17.8. The lowest BCUT2D eigenvalue weighted by Crippen LogP contribution is -2.15. The van der Waals surface area contributed by atoms with Crippen LogP contribution in [0, 0.1) is 12.7 Å². The Labute approximate surface area is 182 Å². The average Bonchev–Trinajstić information content (AvgIpc) is 3.17. The van der Waals surface area contributed by atoms with Crippen molar-refractivity contribution >= 4 is 17.2 Å². The van der Waals surface area contributed by atoms with Crippen LogP contribution in [0.15, 0.2) is 41.2 Å². The number of nitrogens with one attached hydrogen (secondary N) is 1. The molecule has 0 saturated heterocycles. The van der Waals surface area contributed by atoms with E-state index in [9.17, 15) is 13.6 Å². The van der Waals surface area contributed by atoms with Crippen LogP contribution in [-0.2, 0) is 0 Å². The van der Waals surface area contributed by atoms with Gasteiger partial charge < -0.3 is 9.84 Å². The third kappa shape index (κ3) is 3.53. The molecule has 1 fully saturated rings. The van der Waals surface area contributed by atoms with Crippen LogP contribution in [0.4, 0.5) is 14.5 Å². The third-order valence-electron chi connectivity index (χ3n) is 5.75. The molecular formula is C23H21F2N5O2. The summed E-state index contributed by atoms with van der Waals surface area (Å²) in [6, 6.07) is 6.67. The zero-order valence-electron chi connectivity index (χ0n) is 17.8. The van der Waals surface area contributed by atoms with E-state index in [1.54, 1.807) is 17.4 Å². The molecule has 164 valence electrons. The van der Waals surface area contributed by atoms with Crippen LogP contribution < -0.4 is 5.32 Å². The van der Waals surface area contributed by atoms with Gasteiger partial charge in [0.2, 0.25) is 11.7 Å². The first-order valence-corrected chi connectivity index (χ1v) is 10.4. The van der Waals surface area contributed by atoms with E-state index in [4.69, 9.17) is 4.52 Å². The molecule has 0 unspecified atom stereocenters. The number of imidazole rings is 1. The molecule has 1 aliphatic rings. The Kier molecular flexibility index (Phi) is 4.76. The third-order valence-corrected chi connectivity index (χ3v) is 5.75. The van der Waals surface area contributed by atoms with E-state index in [1.807, 2.05) is 18.3 Å². The number of benzene rings is 1. The summed E-state index contributed by atoms with van der Waals surface area (Å²) in [4.78, 5) is 21.5. The second-order valence-electron chi connectivity index (χ2n) is 8.39. The summed E-state index contributed by atoms with van der Waals surface area (Å²) in [7, 11) is 0. The number of nitrogens with zero attached hydrogens (tertiary/aromatic N) is 4. The number of aromatic nitrogens is 4. The van der Waals surface area contributed by atoms with E-state index in [0.717, 1.165) is 5.56 Å². The van der Waals surface area contributed by atoms with Crippen LogP contribution in [0.2, 0.25) is 0 Å². The maximum absolute atomic E-state index is 14.6. The minimum atomic E-state index is -0.977. The maximum Gasteiger partial charge on any atom is 0.274 e. The normalized spacial score (nSPS) is 17.8. The van der Waals surface area contributed by atoms with Gasteiger partial charge in [0.25, 0.3) is 5.91 Å². The number of pyridine rings is 1. The van der Waals surface area contributed by atoms with Gasteiger partial charge in [-0.2, -0.15) is 4.98 Å². The lowest BCUT2D eigenvalue weighted by Gasteiger charge is -2.11. The number of carbonyl (C=O) groups is 1. The molecule has 7 nitrogen and oxygen atoms in total. The Bertz CT molecular complexity index is 1340. The molecule has 2 atom stereocenters. The predicted molar refractivity (Wildman–Crippen MR) is 114 cm³/mol. The van der Waals surface area contributed by atoms with Crippen LogP contribution in [0.3, 0.4) is 0 Å². The molecular weight excluding hydrogens is 416 g/mol. The molecule has 3 aromatic heterocycles. The number of anilines is 1. The summed E-state index contributed by atoms with van der Waals surface area (Å²) in [5.41, 5.74) is 2.91. The van der Waals surface area contributed by atoms with Crippen molar-refractivity contribution < 1.29 is 18.1 Å². The lowest BCUT2D eigenvalue weighted by molar-refractivity contribution is 0.102. The Morgan fingerprint density at radius 2 is 2.09 bits per heavy atom. The fraction of sp³-hybridized carbons (Fsp3) is 0.304. The van der Waals surface area contributed by atoms with Crippen molar-refractivity contribution in [2.45, 2.75) is 45.2 Å². The van der Waals surface area contributed by atoms with Gasteiger partial charge in [-0.1, -0.05) is 25.1 Å². The van der Waals surface area contributed by atoms with E-state index in [1.165, 1.54) is 12.3 Å². The molecule has 32 heavy (non-hydrogen) atoms. The minimum Gasteiger partial charge on any atom is -0.339 e. The number of hydrogen-bond donors (Lipinski definition) is 1. The average molecular weight is 437 g/mol. The van der Waals surface area contributed by atoms with Crippen LogP contribution >= 0.6 is 0 Å². The molecule has 1 saturated carbocycles. The smallest absolute Gasteiger partial charge is 0.274 e. The Morgan fingerprint density at radius 3 is 2.81 bits per heavy atom. The number of amides is 1. The van der Waals surface area contributed by atoms with E-state index in [0.29, 0.717) is 23.3 Å². The van der Waals surface area contributed by atoms with Gasteiger partial charge in [-0.05, 0) is 43.0 Å². The number of hydrogen-bond acceptors (Lipinski definition) is 5. The topological polar surface area (TPSA) is 85.3 Å². The van der Waals surface area contributed by atoms with Gasteiger partial charge in [-0.15, -0.1) is 0 Å². The van der Waals surface area contributed by atoms with Gasteiger partial charge in [-0.3, -0.25) is 9.20 Å². The summed E-state index contributed by atoms with van der Waals surface area (Å²) in [5, 5.41) is 6.61. The molecule has 0 radical (unpaired) electrons. The molecule has 4 aromatic rings. The van der Waals surface area contributed by atoms with Crippen LogP contribution in [0.5, 0.6) is 0 Å². The molecule has 1 aliphatic carbocycles. The second kappa shape index (κ2) is 7.51. The first-order valence-electron chi connectivity index (χ1n) is 10.4. The highest BCUT2D eigenvalue weighted by atomic mass is 19.1. The van der Waals surface area contributed by atoms with E-state index in [2.05, 4.69) is 34.3 Å². The summed E-state index contributed by atoms with van der Waals surface area (Å²) in [6.07, 6.45) is 2.74. The molecule has 0 bridgehead atoms. The first-order chi connectivity index (χ1) is 15.3. The van der Waals surface area contributed by atoms with E-state index >= 15 is 0 Å². The SMILES string of the molecule is Cc1c(F)cc(-c2noc([C@H]3C[C@@H]3F)n2)cc1NC(=O)c1cnc2ccc(C(C)C)cn12. The highest BCUT2D eigenvalue weighted by molar-refractivity contribution is 6.04. The van der Waals surface area contributed by atoms with Gasteiger partial charge >= 0.3 is 0 Å². The van der Waals surface area contributed by atoms with Crippen LogP contribution in [0.25, 0.3) is 17.0 Å². The Morgan fingerprint density at radius 1 is 1.31 bits per heavy atom. The quantitative estimate of drug-likeness (QED) is 0.473. The van der Waals surface area contributed by atoms with Crippen molar-refractivity contribution in [1.82, 2.24) is 19.5 Å². The second-order valence-corrected chi connectivity index (χ2v) is 8.39. The van der Waals surface area contributed by atoms with Gasteiger partial charge in [0.15, 0.2) is 0 Å². The molecule has 5 rings (SSSR count). The largest absolute Gasteiger partial charge is 0.339 e. The molecule has 1 amide bonds. The molecule has 1 N–H and O–H groups in total. The monoisotopic (exact) mass is 437 g/mol. The maximum atomic E-state index is 14.6. The number of carbonyl (C=O) groups excluding carboxylic acids is 1. The van der Waals surface area contributed by atoms with Gasteiger partial charge in [0.05, 0.1) is 12.1 Å². The minimum absolute atomic E-state index is 0.143. The Balaban J connectivity index is 1.46. The standard InChI is InChI=1S/C23H21F2N5O2/c1-11(2)13-4-5-20-26-9-19(30(20)10-13)22(31)27-18-7-14(6-16(24)12(18)3)21-28-23(32-29-21)15-8-17(15)25/h4-7,9-11,15,17H,8H2,1-3H3,(H,27,31)/t15-,17-/m0/s1. The van der Waals surface area contributed by atoms with Crippen LogP contribution in [-0.4, -0.2) is 31.6 Å². The van der Waals surface area contributed by atoms with Crippen molar-refractivity contribution in [2.75, 3.05) is 5.32 Å². The van der Waals surface area contributed by atoms with E-state index in [-0.39, 0.29) is 28.9 Å². The first kappa shape index (κ1) is 20.3. The van der Waals surface area contributed by atoms with Crippen LogP contribution in [0.1, 0.15) is 59.6 Å². The molecule has 3 heterocycles. The summed E-state index contributed by atoms with van der Waals surface area (Å²) < 4.78 is 34.7. The van der Waals surface area contributed by atoms with Crippen molar-refractivity contribution in [3.05, 3.63) is 65.2 Å². The van der Waals surface area contributed by atoms with Crippen molar-refractivity contribution in [3.63, 3.8) is 0 Å². The van der Waals surface area contributed by atoms with Crippen molar-refractivity contribution in [1.29, 1.82) is 0 Å². The van der Waals surface area contributed by atoms with E-state index < -0.39 is 23.8 Å². The molecule has 9 heteroatoms. The van der Waals surface area contributed by atoms with Gasteiger partial charge in [0.1, 0.15) is 23.3 Å². The highest BCUT2D eigenvalue weighted by Gasteiger charge is 2.43.